The molecule has 2 heterocycles. The fourth-order valence-corrected chi connectivity index (χ4v) is 3.86. The highest BCUT2D eigenvalue weighted by Gasteiger charge is 2.27. The molecule has 25 heavy (non-hydrogen) atoms. The first-order valence-electron chi connectivity index (χ1n) is 8.13. The third-order valence-corrected chi connectivity index (χ3v) is 5.29. The monoisotopic (exact) mass is 362 g/mol. The maximum Gasteiger partial charge on any atom is 0.270 e. The number of ether oxygens (including phenoxy) is 1. The van der Waals surface area contributed by atoms with Crippen LogP contribution in [-0.2, 0) is 4.74 Å². The largest absolute Gasteiger partial charge is 0.370 e. The maximum atomic E-state index is 12.4. The number of hydrogen-bond acceptors (Lipinski definition) is 5. The standard InChI is InChI=1S/C17H19N3O4S/c21-17(13-3-1-4-14(11-13)20(22)23)18-12-15(16-5-2-10-25-16)19-6-8-24-9-7-19/h1-5,10-11,15H,6-9,12H2,(H,18,21)/p+1/t15-/m0/s1. The number of quaternary nitrogens is 1. The van der Waals surface area contributed by atoms with Crippen LogP contribution < -0.4 is 10.2 Å². The number of hydrogen-bond donors (Lipinski definition) is 2. The molecule has 2 N–H and O–H groups in total. The van der Waals surface area contributed by atoms with Crippen LogP contribution in [-0.4, -0.2) is 43.7 Å². The molecule has 0 saturated carbocycles. The van der Waals surface area contributed by atoms with Crippen LogP contribution in [0.4, 0.5) is 5.69 Å². The Bertz CT molecular complexity index is 729. The van der Waals surface area contributed by atoms with Crippen molar-refractivity contribution in [2.45, 2.75) is 6.04 Å². The molecule has 3 rings (SSSR count). The van der Waals surface area contributed by atoms with E-state index in [4.69, 9.17) is 4.74 Å². The second-order valence-electron chi connectivity index (χ2n) is 5.86. The summed E-state index contributed by atoms with van der Waals surface area (Å²) < 4.78 is 5.43. The average molecular weight is 362 g/mol. The molecule has 0 spiro atoms. The van der Waals surface area contributed by atoms with Crippen LogP contribution in [0.1, 0.15) is 21.3 Å². The second kappa shape index (κ2) is 8.19. The van der Waals surface area contributed by atoms with Gasteiger partial charge in [0.2, 0.25) is 0 Å². The number of benzene rings is 1. The molecule has 0 aliphatic carbocycles. The molecule has 0 radical (unpaired) electrons. The lowest BCUT2D eigenvalue weighted by atomic mass is 10.1. The fraction of sp³-hybridized carbons (Fsp3) is 0.353. The summed E-state index contributed by atoms with van der Waals surface area (Å²) in [5, 5.41) is 15.8. The summed E-state index contributed by atoms with van der Waals surface area (Å²) in [6.07, 6.45) is 0. The van der Waals surface area contributed by atoms with Gasteiger partial charge in [-0.05, 0) is 17.5 Å². The van der Waals surface area contributed by atoms with Crippen molar-refractivity contribution >= 4 is 22.9 Å². The number of nitrogens with zero attached hydrogens (tertiary/aromatic N) is 1. The molecule has 2 aromatic rings. The zero-order valence-corrected chi connectivity index (χ0v) is 14.5. The summed E-state index contributed by atoms with van der Waals surface area (Å²) in [5.74, 6) is -0.294. The third-order valence-electron chi connectivity index (χ3n) is 4.30. The summed E-state index contributed by atoms with van der Waals surface area (Å²) in [5.41, 5.74) is 0.220. The first-order chi connectivity index (χ1) is 12.1. The highest BCUT2D eigenvalue weighted by atomic mass is 32.1. The van der Waals surface area contributed by atoms with Crippen LogP contribution in [0.15, 0.2) is 41.8 Å². The molecular weight excluding hydrogens is 342 g/mol. The molecule has 1 aromatic heterocycles. The van der Waals surface area contributed by atoms with E-state index in [1.165, 1.54) is 28.0 Å². The third kappa shape index (κ3) is 4.41. The van der Waals surface area contributed by atoms with Crippen LogP contribution in [0.25, 0.3) is 0 Å². The number of morpholine rings is 1. The van der Waals surface area contributed by atoms with Gasteiger partial charge in [-0.2, -0.15) is 0 Å². The SMILES string of the molecule is O=C(NC[C@@H](c1cccs1)[NH+]1CCOCC1)c1cccc([N+](=O)[O-])c1. The molecule has 1 fully saturated rings. The Morgan fingerprint density at radius 1 is 1.32 bits per heavy atom. The molecule has 1 saturated heterocycles. The normalized spacial score (nSPS) is 16.3. The molecule has 1 aliphatic rings. The van der Waals surface area contributed by atoms with Gasteiger partial charge in [0.1, 0.15) is 19.1 Å². The van der Waals surface area contributed by atoms with Gasteiger partial charge < -0.3 is 15.0 Å². The Hall–Kier alpha value is -2.29. The van der Waals surface area contributed by atoms with E-state index in [-0.39, 0.29) is 17.6 Å². The zero-order valence-electron chi connectivity index (χ0n) is 13.6. The van der Waals surface area contributed by atoms with Crippen molar-refractivity contribution in [3.05, 3.63) is 62.3 Å². The minimum Gasteiger partial charge on any atom is -0.370 e. The smallest absolute Gasteiger partial charge is 0.270 e. The van der Waals surface area contributed by atoms with Crippen molar-refractivity contribution in [1.29, 1.82) is 0 Å². The molecule has 7 nitrogen and oxygen atoms in total. The van der Waals surface area contributed by atoms with Crippen LogP contribution in [0.3, 0.4) is 0 Å². The Kier molecular flexibility index (Phi) is 5.75. The van der Waals surface area contributed by atoms with Crippen molar-refractivity contribution in [2.75, 3.05) is 32.8 Å². The Morgan fingerprint density at radius 3 is 2.80 bits per heavy atom. The quantitative estimate of drug-likeness (QED) is 0.594. The van der Waals surface area contributed by atoms with Gasteiger partial charge in [-0.1, -0.05) is 12.1 Å². The van der Waals surface area contributed by atoms with Gasteiger partial charge >= 0.3 is 0 Å². The van der Waals surface area contributed by atoms with Crippen LogP contribution >= 0.6 is 11.3 Å². The number of carbonyl (C=O) groups is 1. The maximum absolute atomic E-state index is 12.4. The van der Waals surface area contributed by atoms with Crippen molar-refractivity contribution in [3.8, 4) is 0 Å². The first-order valence-corrected chi connectivity index (χ1v) is 9.01. The van der Waals surface area contributed by atoms with Crippen LogP contribution in [0.2, 0.25) is 0 Å². The lowest BCUT2D eigenvalue weighted by Gasteiger charge is -2.31. The molecular formula is C17H20N3O4S+. The Balaban J connectivity index is 1.69. The molecule has 1 aliphatic heterocycles. The highest BCUT2D eigenvalue weighted by Crippen LogP contribution is 2.17. The number of amides is 1. The number of rotatable bonds is 6. The molecule has 1 atom stereocenters. The second-order valence-corrected chi connectivity index (χ2v) is 6.84. The zero-order chi connectivity index (χ0) is 17.6. The van der Waals surface area contributed by atoms with Gasteiger partial charge in [-0.15, -0.1) is 11.3 Å². The molecule has 0 bridgehead atoms. The van der Waals surface area contributed by atoms with E-state index in [9.17, 15) is 14.9 Å². The predicted molar refractivity (Wildman–Crippen MR) is 94.0 cm³/mol. The summed E-state index contributed by atoms with van der Waals surface area (Å²) >= 11 is 1.68. The summed E-state index contributed by atoms with van der Waals surface area (Å²) in [6, 6.07) is 10.0. The number of nitro groups is 1. The molecule has 8 heteroatoms. The Labute approximate surface area is 149 Å². The van der Waals surface area contributed by atoms with Crippen molar-refractivity contribution < 1.29 is 19.4 Å². The molecule has 132 valence electrons. The summed E-state index contributed by atoms with van der Waals surface area (Å²) in [7, 11) is 0. The number of non-ortho nitro benzene ring substituents is 1. The van der Waals surface area contributed by atoms with E-state index < -0.39 is 4.92 Å². The fourth-order valence-electron chi connectivity index (χ4n) is 2.98. The number of carbonyl (C=O) groups excluding carboxylic acids is 1. The average Bonchev–Trinajstić information content (AvgIpc) is 3.17. The summed E-state index contributed by atoms with van der Waals surface area (Å²) in [4.78, 5) is 25.4. The summed E-state index contributed by atoms with van der Waals surface area (Å²) in [6.45, 7) is 3.72. The minimum atomic E-state index is -0.497. The highest BCUT2D eigenvalue weighted by molar-refractivity contribution is 7.10. The lowest BCUT2D eigenvalue weighted by molar-refractivity contribution is -0.937. The van der Waals surface area contributed by atoms with Gasteiger partial charge in [0.15, 0.2) is 0 Å². The van der Waals surface area contributed by atoms with Gasteiger partial charge in [-0.25, -0.2) is 0 Å². The van der Waals surface area contributed by atoms with Gasteiger partial charge in [0.25, 0.3) is 11.6 Å². The Morgan fingerprint density at radius 2 is 2.12 bits per heavy atom. The van der Waals surface area contributed by atoms with Crippen molar-refractivity contribution in [1.82, 2.24) is 5.32 Å². The van der Waals surface area contributed by atoms with Gasteiger partial charge in [0.05, 0.1) is 29.6 Å². The van der Waals surface area contributed by atoms with Gasteiger partial charge in [-0.3, -0.25) is 14.9 Å². The van der Waals surface area contributed by atoms with E-state index in [1.807, 2.05) is 11.4 Å². The predicted octanol–water partition coefficient (Wildman–Crippen LogP) is 1.04. The van der Waals surface area contributed by atoms with Gasteiger partial charge in [0, 0.05) is 17.7 Å². The van der Waals surface area contributed by atoms with E-state index in [2.05, 4.69) is 11.4 Å². The van der Waals surface area contributed by atoms with Crippen LogP contribution in [0.5, 0.6) is 0 Å². The number of thiophene rings is 1. The van der Waals surface area contributed by atoms with Crippen molar-refractivity contribution in [2.24, 2.45) is 0 Å². The van der Waals surface area contributed by atoms with E-state index in [0.29, 0.717) is 12.1 Å². The lowest BCUT2D eigenvalue weighted by Crippen LogP contribution is -3.15. The first kappa shape index (κ1) is 17.5. The topological polar surface area (TPSA) is 85.9 Å². The molecule has 1 aromatic carbocycles. The molecule has 0 unspecified atom stereocenters. The van der Waals surface area contributed by atoms with E-state index >= 15 is 0 Å². The minimum absolute atomic E-state index is 0.0822. The molecule has 1 amide bonds. The number of nitrogens with one attached hydrogen (secondary N) is 2. The number of nitro benzene ring substituents is 1. The van der Waals surface area contributed by atoms with Crippen molar-refractivity contribution in [3.63, 3.8) is 0 Å². The van der Waals surface area contributed by atoms with Crippen LogP contribution in [0, 0.1) is 10.1 Å². The van der Waals surface area contributed by atoms with E-state index in [1.54, 1.807) is 17.4 Å². The van der Waals surface area contributed by atoms with E-state index in [0.717, 1.165) is 26.3 Å².